The molecular formula is C18H21N. The predicted octanol–water partition coefficient (Wildman–Crippen LogP) is 4.27. The Morgan fingerprint density at radius 2 is 1.32 bits per heavy atom. The highest BCUT2D eigenvalue weighted by molar-refractivity contribution is 5.48. The highest BCUT2D eigenvalue weighted by Crippen LogP contribution is 2.21. The minimum atomic E-state index is 1.03. The van der Waals surface area contributed by atoms with E-state index < -0.39 is 0 Å². The van der Waals surface area contributed by atoms with Gasteiger partial charge in [-0.05, 0) is 48.9 Å². The van der Waals surface area contributed by atoms with Gasteiger partial charge in [0.25, 0.3) is 0 Å². The smallest absolute Gasteiger partial charge is 0.0366 e. The molecule has 0 N–H and O–H groups in total. The molecule has 3 rings (SSSR count). The van der Waals surface area contributed by atoms with Crippen LogP contribution in [0.3, 0.4) is 0 Å². The summed E-state index contributed by atoms with van der Waals surface area (Å²) in [5.74, 6) is 0. The Bertz CT molecular complexity index is 495. The van der Waals surface area contributed by atoms with Crippen LogP contribution in [0, 0.1) is 0 Å². The minimum absolute atomic E-state index is 1.03. The molecule has 1 heterocycles. The molecule has 1 heteroatoms. The van der Waals surface area contributed by atoms with Gasteiger partial charge in [0.15, 0.2) is 0 Å². The lowest BCUT2D eigenvalue weighted by atomic mass is 10.0. The number of piperidine rings is 1. The van der Waals surface area contributed by atoms with Gasteiger partial charge in [-0.1, -0.05) is 42.5 Å². The van der Waals surface area contributed by atoms with Gasteiger partial charge in [-0.2, -0.15) is 0 Å². The molecule has 0 saturated carbocycles. The second-order valence-electron chi connectivity index (χ2n) is 5.38. The molecule has 0 aliphatic carbocycles. The summed E-state index contributed by atoms with van der Waals surface area (Å²) in [4.78, 5) is 2.51. The third kappa shape index (κ3) is 3.17. The number of hydrogen-bond donors (Lipinski definition) is 0. The van der Waals surface area contributed by atoms with Crippen molar-refractivity contribution in [1.29, 1.82) is 0 Å². The molecule has 2 aromatic carbocycles. The molecule has 0 atom stereocenters. The highest BCUT2D eigenvalue weighted by Gasteiger charge is 2.10. The van der Waals surface area contributed by atoms with Crippen LogP contribution in [0.2, 0.25) is 0 Å². The van der Waals surface area contributed by atoms with Crippen LogP contribution in [0.15, 0.2) is 54.6 Å². The first kappa shape index (κ1) is 12.3. The van der Waals surface area contributed by atoms with Crippen molar-refractivity contribution in [1.82, 2.24) is 0 Å². The van der Waals surface area contributed by atoms with Crippen LogP contribution in [0.4, 0.5) is 5.69 Å². The van der Waals surface area contributed by atoms with Crippen LogP contribution in [0.1, 0.15) is 30.4 Å². The molecule has 0 aromatic heterocycles. The van der Waals surface area contributed by atoms with Crippen LogP contribution in [0.25, 0.3) is 0 Å². The number of hydrogen-bond acceptors (Lipinski definition) is 1. The SMILES string of the molecule is c1ccc(Cc2ccc(N3CCCCC3)cc2)cc1. The van der Waals surface area contributed by atoms with Crippen LogP contribution in [-0.4, -0.2) is 13.1 Å². The summed E-state index contributed by atoms with van der Waals surface area (Å²) in [5, 5.41) is 0. The predicted molar refractivity (Wildman–Crippen MR) is 81.8 cm³/mol. The Balaban J connectivity index is 1.68. The van der Waals surface area contributed by atoms with Crippen molar-refractivity contribution in [3.63, 3.8) is 0 Å². The lowest BCUT2D eigenvalue weighted by Crippen LogP contribution is -2.29. The van der Waals surface area contributed by atoms with Gasteiger partial charge in [-0.25, -0.2) is 0 Å². The maximum Gasteiger partial charge on any atom is 0.0366 e. The van der Waals surface area contributed by atoms with E-state index >= 15 is 0 Å². The van der Waals surface area contributed by atoms with Crippen LogP contribution >= 0.6 is 0 Å². The van der Waals surface area contributed by atoms with E-state index in [2.05, 4.69) is 59.5 Å². The maximum atomic E-state index is 2.51. The van der Waals surface area contributed by atoms with E-state index in [-0.39, 0.29) is 0 Å². The largest absolute Gasteiger partial charge is 0.372 e. The van der Waals surface area contributed by atoms with Crippen molar-refractivity contribution in [2.75, 3.05) is 18.0 Å². The molecule has 1 aliphatic rings. The van der Waals surface area contributed by atoms with Crippen LogP contribution in [-0.2, 0) is 6.42 Å². The van der Waals surface area contributed by atoms with E-state index in [1.54, 1.807) is 0 Å². The molecule has 1 fully saturated rings. The van der Waals surface area contributed by atoms with E-state index in [1.165, 1.54) is 49.2 Å². The summed E-state index contributed by atoms with van der Waals surface area (Å²) in [6.45, 7) is 2.44. The van der Waals surface area contributed by atoms with Crippen molar-refractivity contribution < 1.29 is 0 Å². The Morgan fingerprint density at radius 3 is 2.00 bits per heavy atom. The zero-order chi connectivity index (χ0) is 12.9. The molecule has 1 saturated heterocycles. The van der Waals surface area contributed by atoms with Gasteiger partial charge in [0.2, 0.25) is 0 Å². The summed E-state index contributed by atoms with van der Waals surface area (Å²) in [6, 6.07) is 19.8. The second-order valence-corrected chi connectivity index (χ2v) is 5.38. The van der Waals surface area contributed by atoms with Gasteiger partial charge >= 0.3 is 0 Å². The van der Waals surface area contributed by atoms with Crippen LogP contribution < -0.4 is 4.90 Å². The van der Waals surface area contributed by atoms with Crippen molar-refractivity contribution in [2.45, 2.75) is 25.7 Å². The van der Waals surface area contributed by atoms with E-state index in [1.807, 2.05) is 0 Å². The summed E-state index contributed by atoms with van der Waals surface area (Å²) < 4.78 is 0. The third-order valence-corrected chi connectivity index (χ3v) is 3.91. The van der Waals surface area contributed by atoms with Gasteiger partial charge in [0.1, 0.15) is 0 Å². The average molecular weight is 251 g/mol. The van der Waals surface area contributed by atoms with Crippen molar-refractivity contribution in [2.24, 2.45) is 0 Å². The topological polar surface area (TPSA) is 3.24 Å². The fraction of sp³-hybridized carbons (Fsp3) is 0.333. The average Bonchev–Trinajstić information content (AvgIpc) is 2.50. The van der Waals surface area contributed by atoms with E-state index in [9.17, 15) is 0 Å². The number of benzene rings is 2. The lowest BCUT2D eigenvalue weighted by molar-refractivity contribution is 0.578. The maximum absolute atomic E-state index is 2.51. The first-order chi connectivity index (χ1) is 9.42. The first-order valence-electron chi connectivity index (χ1n) is 7.30. The first-order valence-corrected chi connectivity index (χ1v) is 7.30. The molecule has 19 heavy (non-hydrogen) atoms. The second kappa shape index (κ2) is 5.92. The fourth-order valence-electron chi connectivity index (χ4n) is 2.81. The molecule has 0 radical (unpaired) electrons. The molecule has 1 aliphatic heterocycles. The van der Waals surface area contributed by atoms with Gasteiger partial charge in [0, 0.05) is 18.8 Å². The van der Waals surface area contributed by atoms with Gasteiger partial charge in [-0.15, -0.1) is 0 Å². The monoisotopic (exact) mass is 251 g/mol. The Hall–Kier alpha value is -1.76. The molecular weight excluding hydrogens is 230 g/mol. The van der Waals surface area contributed by atoms with E-state index in [4.69, 9.17) is 0 Å². The number of rotatable bonds is 3. The summed E-state index contributed by atoms with van der Waals surface area (Å²) >= 11 is 0. The quantitative estimate of drug-likeness (QED) is 0.787. The Labute approximate surface area is 115 Å². The van der Waals surface area contributed by atoms with E-state index in [0.29, 0.717) is 0 Å². The molecule has 2 aromatic rings. The normalized spacial score (nSPS) is 15.5. The molecule has 0 unspecified atom stereocenters. The van der Waals surface area contributed by atoms with Crippen molar-refractivity contribution in [3.05, 3.63) is 65.7 Å². The van der Waals surface area contributed by atoms with Crippen molar-refractivity contribution in [3.8, 4) is 0 Å². The molecule has 0 amide bonds. The summed E-state index contributed by atoms with van der Waals surface area (Å²) in [7, 11) is 0. The van der Waals surface area contributed by atoms with Gasteiger partial charge in [-0.3, -0.25) is 0 Å². The number of anilines is 1. The Morgan fingerprint density at radius 1 is 0.684 bits per heavy atom. The van der Waals surface area contributed by atoms with Crippen molar-refractivity contribution >= 4 is 5.69 Å². The molecule has 0 spiro atoms. The standard InChI is InChI=1S/C18H21N/c1-3-7-16(8-4-1)15-17-9-11-18(12-10-17)19-13-5-2-6-14-19/h1,3-4,7-12H,2,5-6,13-15H2. The lowest BCUT2D eigenvalue weighted by Gasteiger charge is -2.28. The van der Waals surface area contributed by atoms with Gasteiger partial charge in [0.05, 0.1) is 0 Å². The Kier molecular flexibility index (Phi) is 3.83. The number of nitrogens with zero attached hydrogens (tertiary/aromatic N) is 1. The van der Waals surface area contributed by atoms with Gasteiger partial charge < -0.3 is 4.90 Å². The zero-order valence-electron chi connectivity index (χ0n) is 11.4. The zero-order valence-corrected chi connectivity index (χ0v) is 11.4. The van der Waals surface area contributed by atoms with E-state index in [0.717, 1.165) is 6.42 Å². The highest BCUT2D eigenvalue weighted by atomic mass is 15.1. The molecule has 1 nitrogen and oxygen atoms in total. The molecule has 98 valence electrons. The molecule has 0 bridgehead atoms. The minimum Gasteiger partial charge on any atom is -0.372 e. The summed E-state index contributed by atoms with van der Waals surface area (Å²) in [6.07, 6.45) is 5.10. The summed E-state index contributed by atoms with van der Waals surface area (Å²) in [5.41, 5.74) is 4.16. The fourth-order valence-corrected chi connectivity index (χ4v) is 2.81. The van der Waals surface area contributed by atoms with Crippen LogP contribution in [0.5, 0.6) is 0 Å². The third-order valence-electron chi connectivity index (χ3n) is 3.91.